The molecule has 2 rings (SSSR count). The Bertz CT molecular complexity index is 402. The minimum Gasteiger partial charge on any atom is -0.330 e. The predicted molar refractivity (Wildman–Crippen MR) is 78.9 cm³/mol. The molecular weight excluding hydrogens is 260 g/mol. The highest BCUT2D eigenvalue weighted by molar-refractivity contribution is 7.91. The summed E-state index contributed by atoms with van der Waals surface area (Å²) in [7, 11) is -2.82. The van der Waals surface area contributed by atoms with Crippen LogP contribution in [0.25, 0.3) is 0 Å². The second-order valence-electron chi connectivity index (χ2n) is 6.84. The summed E-state index contributed by atoms with van der Waals surface area (Å²) < 4.78 is 23.1. The number of nitrogens with one attached hydrogen (secondary N) is 1. The van der Waals surface area contributed by atoms with Crippen molar-refractivity contribution in [3.05, 3.63) is 0 Å². The van der Waals surface area contributed by atoms with Crippen molar-refractivity contribution in [2.24, 2.45) is 11.1 Å². The predicted octanol–water partition coefficient (Wildman–Crippen LogP) is 1.45. The van der Waals surface area contributed by atoms with Crippen LogP contribution in [0.4, 0.5) is 0 Å². The zero-order valence-corrected chi connectivity index (χ0v) is 12.9. The molecule has 0 radical (unpaired) electrons. The highest BCUT2D eigenvalue weighted by atomic mass is 32.2. The third-order valence-electron chi connectivity index (χ3n) is 5.06. The summed E-state index contributed by atoms with van der Waals surface area (Å²) in [5.41, 5.74) is 6.07. The lowest BCUT2D eigenvalue weighted by atomic mass is 9.72. The Kier molecular flexibility index (Phi) is 4.58. The summed E-state index contributed by atoms with van der Waals surface area (Å²) in [5.74, 6) is 0.619. The first-order chi connectivity index (χ1) is 8.89. The molecule has 1 atom stereocenters. The lowest BCUT2D eigenvalue weighted by Gasteiger charge is -2.37. The minimum atomic E-state index is -2.82. The smallest absolute Gasteiger partial charge is 0.152 e. The molecule has 19 heavy (non-hydrogen) atoms. The topological polar surface area (TPSA) is 72.2 Å². The highest BCUT2D eigenvalue weighted by Crippen LogP contribution is 2.38. The maximum atomic E-state index is 11.6. The van der Waals surface area contributed by atoms with Gasteiger partial charge in [-0.2, -0.15) is 0 Å². The van der Waals surface area contributed by atoms with Crippen LogP contribution in [0, 0.1) is 5.41 Å². The van der Waals surface area contributed by atoms with Crippen LogP contribution >= 0.6 is 0 Å². The van der Waals surface area contributed by atoms with E-state index in [1.54, 1.807) is 0 Å². The van der Waals surface area contributed by atoms with Crippen molar-refractivity contribution in [2.45, 2.75) is 57.4 Å². The van der Waals surface area contributed by atoms with Crippen molar-refractivity contribution in [2.75, 3.05) is 24.6 Å². The van der Waals surface area contributed by atoms with Crippen molar-refractivity contribution in [3.63, 3.8) is 0 Å². The van der Waals surface area contributed by atoms with Gasteiger partial charge in [0.25, 0.3) is 0 Å². The van der Waals surface area contributed by atoms with E-state index in [2.05, 4.69) is 5.32 Å². The molecule has 0 aromatic heterocycles. The largest absolute Gasteiger partial charge is 0.330 e. The quantitative estimate of drug-likeness (QED) is 0.803. The Morgan fingerprint density at radius 2 is 1.84 bits per heavy atom. The van der Waals surface area contributed by atoms with Crippen LogP contribution in [0.15, 0.2) is 0 Å². The van der Waals surface area contributed by atoms with E-state index < -0.39 is 9.84 Å². The zero-order chi connectivity index (χ0) is 14.0. The lowest BCUT2D eigenvalue weighted by Crippen LogP contribution is -2.46. The van der Waals surface area contributed by atoms with Gasteiger partial charge in [-0.15, -0.1) is 0 Å². The van der Waals surface area contributed by atoms with Gasteiger partial charge in [-0.05, 0) is 51.1 Å². The van der Waals surface area contributed by atoms with Crippen molar-refractivity contribution < 1.29 is 8.42 Å². The molecule has 112 valence electrons. The number of rotatable bonds is 5. The minimum absolute atomic E-state index is 0.219. The van der Waals surface area contributed by atoms with Crippen LogP contribution in [-0.2, 0) is 9.84 Å². The van der Waals surface area contributed by atoms with Gasteiger partial charge < -0.3 is 11.1 Å². The van der Waals surface area contributed by atoms with Crippen LogP contribution in [-0.4, -0.2) is 38.6 Å². The molecule has 0 aromatic carbocycles. The molecule has 1 aliphatic carbocycles. The van der Waals surface area contributed by atoms with Gasteiger partial charge in [0, 0.05) is 5.54 Å². The van der Waals surface area contributed by atoms with Crippen LogP contribution in [0.1, 0.15) is 51.9 Å². The number of nitrogens with two attached hydrogens (primary N) is 1. The second kappa shape index (κ2) is 5.70. The molecule has 1 aliphatic heterocycles. The van der Waals surface area contributed by atoms with Crippen molar-refractivity contribution in [1.82, 2.24) is 5.32 Å². The molecule has 3 N–H and O–H groups in total. The molecule has 2 fully saturated rings. The second-order valence-corrected chi connectivity index (χ2v) is 9.03. The SMILES string of the molecule is CC1(NCCC2(CN)CCCCC2)CCS(=O)(=O)C1. The van der Waals surface area contributed by atoms with Crippen LogP contribution in [0.2, 0.25) is 0 Å². The number of hydrogen-bond donors (Lipinski definition) is 2. The Hall–Kier alpha value is -0.130. The number of sulfone groups is 1. The van der Waals surface area contributed by atoms with Crippen LogP contribution < -0.4 is 11.1 Å². The summed E-state index contributed by atoms with van der Waals surface area (Å²) in [4.78, 5) is 0. The molecule has 0 bridgehead atoms. The summed E-state index contributed by atoms with van der Waals surface area (Å²) in [6.45, 7) is 3.69. The van der Waals surface area contributed by atoms with E-state index >= 15 is 0 Å². The van der Waals surface area contributed by atoms with E-state index in [-0.39, 0.29) is 11.3 Å². The Morgan fingerprint density at radius 3 is 2.37 bits per heavy atom. The average Bonchev–Trinajstić information content (AvgIpc) is 2.65. The fourth-order valence-corrected chi connectivity index (χ4v) is 5.76. The van der Waals surface area contributed by atoms with E-state index in [0.29, 0.717) is 11.2 Å². The molecule has 1 saturated carbocycles. The average molecular weight is 288 g/mol. The van der Waals surface area contributed by atoms with Crippen molar-refractivity contribution in [3.8, 4) is 0 Å². The van der Waals surface area contributed by atoms with Crippen molar-refractivity contribution >= 4 is 9.84 Å². The fraction of sp³-hybridized carbons (Fsp3) is 1.00. The molecule has 5 heteroatoms. The first-order valence-corrected chi connectivity index (χ1v) is 9.37. The molecular formula is C14H28N2O2S. The lowest BCUT2D eigenvalue weighted by molar-refractivity contribution is 0.175. The molecule has 0 spiro atoms. The standard InChI is InChI=1S/C14H28N2O2S/c1-13(8-10-19(17,18)12-13)16-9-7-14(11-15)5-3-2-4-6-14/h16H,2-12,15H2,1H3. The van der Waals surface area contributed by atoms with E-state index in [9.17, 15) is 8.42 Å². The van der Waals surface area contributed by atoms with E-state index in [4.69, 9.17) is 5.73 Å². The van der Waals surface area contributed by atoms with Gasteiger partial charge in [0.1, 0.15) is 0 Å². The molecule has 0 aromatic rings. The van der Waals surface area contributed by atoms with Gasteiger partial charge in [0.2, 0.25) is 0 Å². The Morgan fingerprint density at radius 1 is 1.16 bits per heavy atom. The van der Waals surface area contributed by atoms with Crippen LogP contribution in [0.5, 0.6) is 0 Å². The Labute approximate surface area is 117 Å². The molecule has 0 amide bonds. The Balaban J connectivity index is 1.82. The van der Waals surface area contributed by atoms with Gasteiger partial charge in [-0.25, -0.2) is 8.42 Å². The van der Waals surface area contributed by atoms with Gasteiger partial charge in [-0.3, -0.25) is 0 Å². The van der Waals surface area contributed by atoms with Gasteiger partial charge in [0.15, 0.2) is 9.84 Å². The van der Waals surface area contributed by atoms with E-state index in [1.165, 1.54) is 32.1 Å². The van der Waals surface area contributed by atoms with Crippen LogP contribution in [0.3, 0.4) is 0 Å². The summed E-state index contributed by atoms with van der Waals surface area (Å²) in [6, 6.07) is 0. The molecule has 1 unspecified atom stereocenters. The van der Waals surface area contributed by atoms with E-state index in [0.717, 1.165) is 25.9 Å². The third-order valence-corrected chi connectivity index (χ3v) is 6.96. The zero-order valence-electron chi connectivity index (χ0n) is 12.1. The first-order valence-electron chi connectivity index (χ1n) is 7.54. The summed E-state index contributed by atoms with van der Waals surface area (Å²) in [5, 5.41) is 3.49. The van der Waals surface area contributed by atoms with Crippen molar-refractivity contribution in [1.29, 1.82) is 0 Å². The molecule has 1 saturated heterocycles. The molecule has 1 heterocycles. The first kappa shape index (κ1) is 15.3. The monoisotopic (exact) mass is 288 g/mol. The van der Waals surface area contributed by atoms with Gasteiger partial charge in [-0.1, -0.05) is 19.3 Å². The van der Waals surface area contributed by atoms with E-state index in [1.807, 2.05) is 6.92 Å². The molecule has 4 nitrogen and oxygen atoms in total. The summed E-state index contributed by atoms with van der Waals surface area (Å²) in [6.07, 6.45) is 8.22. The third kappa shape index (κ3) is 3.92. The normalized spacial score (nSPS) is 33.4. The highest BCUT2D eigenvalue weighted by Gasteiger charge is 2.38. The fourth-order valence-electron chi connectivity index (χ4n) is 3.64. The maximum Gasteiger partial charge on any atom is 0.152 e. The molecule has 2 aliphatic rings. The van der Waals surface area contributed by atoms with Gasteiger partial charge in [0.05, 0.1) is 11.5 Å². The number of hydrogen-bond acceptors (Lipinski definition) is 4. The maximum absolute atomic E-state index is 11.6. The summed E-state index contributed by atoms with van der Waals surface area (Å²) >= 11 is 0. The van der Waals surface area contributed by atoms with Gasteiger partial charge >= 0.3 is 0 Å².